The van der Waals surface area contributed by atoms with Crippen molar-refractivity contribution in [1.82, 2.24) is 0 Å². The van der Waals surface area contributed by atoms with Crippen LogP contribution in [-0.4, -0.2) is 17.5 Å². The Morgan fingerprint density at radius 1 is 0.857 bits per heavy atom. The van der Waals surface area contributed by atoms with Crippen molar-refractivity contribution in [2.75, 3.05) is 11.5 Å². The second-order valence-corrected chi connectivity index (χ2v) is 6.90. The van der Waals surface area contributed by atoms with Crippen LogP contribution in [0.25, 0.3) is 0 Å². The summed E-state index contributed by atoms with van der Waals surface area (Å²) in [7, 11) is 0. The van der Waals surface area contributed by atoms with Crippen LogP contribution in [0, 0.1) is 0 Å². The van der Waals surface area contributed by atoms with E-state index in [2.05, 4.69) is 19.6 Å². The van der Waals surface area contributed by atoms with Crippen LogP contribution in [0.5, 0.6) is 0 Å². The fourth-order valence-corrected chi connectivity index (χ4v) is 3.02. The van der Waals surface area contributed by atoms with E-state index in [-0.39, 0.29) is 5.97 Å². The Morgan fingerprint density at radius 3 is 2.00 bits per heavy atom. The molecule has 0 aromatic carbocycles. The van der Waals surface area contributed by atoms with Gasteiger partial charge in [-0.2, -0.15) is 12.6 Å². The molecule has 2 nitrogen and oxygen atoms in total. The summed E-state index contributed by atoms with van der Waals surface area (Å²) in [6, 6.07) is 0. The molecule has 0 aliphatic rings. The predicted molar refractivity (Wildman–Crippen MR) is 98.1 cm³/mol. The van der Waals surface area contributed by atoms with E-state index in [1.807, 2.05) is 0 Å². The summed E-state index contributed by atoms with van der Waals surface area (Å²) in [6.45, 7) is 2.26. The average molecular weight is 335 g/mol. The minimum Gasteiger partial charge on any atom is -0.391 e. The van der Waals surface area contributed by atoms with E-state index in [0.29, 0.717) is 6.42 Å². The molecule has 0 bridgehead atoms. The maximum Gasteiger partial charge on any atom is 0.317 e. The van der Waals surface area contributed by atoms with Crippen molar-refractivity contribution in [3.63, 3.8) is 0 Å². The van der Waals surface area contributed by atoms with Crippen molar-refractivity contribution < 1.29 is 8.98 Å². The van der Waals surface area contributed by atoms with Gasteiger partial charge >= 0.3 is 5.97 Å². The molecule has 0 radical (unpaired) electrons. The molecule has 0 amide bonds. The number of rotatable bonds is 16. The number of hydrogen-bond acceptors (Lipinski definition) is 4. The average Bonchev–Trinajstić information content (AvgIpc) is 2.48. The van der Waals surface area contributed by atoms with Gasteiger partial charge in [0.15, 0.2) is 0 Å². The molecule has 0 atom stereocenters. The van der Waals surface area contributed by atoms with Gasteiger partial charge in [0.05, 0.1) is 12.0 Å². The van der Waals surface area contributed by atoms with Gasteiger partial charge in [0, 0.05) is 12.2 Å². The van der Waals surface area contributed by atoms with Crippen molar-refractivity contribution >= 4 is 30.6 Å². The lowest BCUT2D eigenvalue weighted by molar-refractivity contribution is -0.133. The van der Waals surface area contributed by atoms with Gasteiger partial charge in [-0.05, 0) is 25.0 Å². The molecule has 0 heterocycles. The molecule has 0 aliphatic heterocycles. The van der Waals surface area contributed by atoms with E-state index in [9.17, 15) is 4.79 Å². The van der Waals surface area contributed by atoms with Gasteiger partial charge in [0.1, 0.15) is 0 Å². The Bertz CT molecular complexity index is 223. The van der Waals surface area contributed by atoms with Gasteiger partial charge in [0.2, 0.25) is 0 Å². The number of carbonyl (C=O) groups is 1. The first kappa shape index (κ1) is 21.2. The quantitative estimate of drug-likeness (QED) is 0.207. The van der Waals surface area contributed by atoms with E-state index < -0.39 is 0 Å². The highest BCUT2D eigenvalue weighted by Gasteiger charge is 2.02. The van der Waals surface area contributed by atoms with Crippen molar-refractivity contribution in [3.05, 3.63) is 0 Å². The van der Waals surface area contributed by atoms with Crippen LogP contribution in [0.3, 0.4) is 0 Å². The smallest absolute Gasteiger partial charge is 0.317 e. The SMILES string of the molecule is CCCCCCCCCCCCSOC(=O)CCCCS. The summed E-state index contributed by atoms with van der Waals surface area (Å²) in [5, 5.41) is 0. The lowest BCUT2D eigenvalue weighted by atomic mass is 10.1. The topological polar surface area (TPSA) is 26.3 Å². The first-order valence-electron chi connectivity index (χ1n) is 8.74. The molecular weight excluding hydrogens is 300 g/mol. The van der Waals surface area contributed by atoms with Crippen LogP contribution < -0.4 is 0 Å². The number of carbonyl (C=O) groups excluding carboxylic acids is 1. The highest BCUT2D eigenvalue weighted by atomic mass is 32.2. The predicted octanol–water partition coefficient (Wildman–Crippen LogP) is 6.20. The van der Waals surface area contributed by atoms with E-state index in [4.69, 9.17) is 4.18 Å². The fourth-order valence-electron chi connectivity index (χ4n) is 2.18. The summed E-state index contributed by atoms with van der Waals surface area (Å²) in [4.78, 5) is 11.3. The molecule has 0 saturated carbocycles. The molecule has 0 aliphatic carbocycles. The first-order valence-corrected chi connectivity index (χ1v) is 10.3. The number of hydrogen-bond donors (Lipinski definition) is 1. The molecule has 0 unspecified atom stereocenters. The van der Waals surface area contributed by atoms with E-state index in [1.165, 1.54) is 69.8 Å². The molecule has 0 rings (SSSR count). The van der Waals surface area contributed by atoms with Crippen LogP contribution in [-0.2, 0) is 8.98 Å². The Morgan fingerprint density at radius 2 is 1.43 bits per heavy atom. The van der Waals surface area contributed by atoms with Crippen molar-refractivity contribution in [1.29, 1.82) is 0 Å². The van der Waals surface area contributed by atoms with Gasteiger partial charge in [-0.1, -0.05) is 64.7 Å². The van der Waals surface area contributed by atoms with Gasteiger partial charge in [-0.25, -0.2) is 0 Å². The Kier molecular flexibility index (Phi) is 18.4. The molecule has 0 fully saturated rings. The van der Waals surface area contributed by atoms with Gasteiger partial charge in [-0.15, -0.1) is 0 Å². The minimum absolute atomic E-state index is 0.0751. The molecule has 4 heteroatoms. The molecule has 126 valence electrons. The van der Waals surface area contributed by atoms with Gasteiger partial charge in [-0.3, -0.25) is 4.79 Å². The Hall–Kier alpha value is 0.170. The summed E-state index contributed by atoms with van der Waals surface area (Å²) in [6.07, 6.45) is 15.8. The largest absolute Gasteiger partial charge is 0.391 e. The third-order valence-corrected chi connectivity index (χ3v) is 4.60. The number of unbranched alkanes of at least 4 members (excludes halogenated alkanes) is 10. The maximum atomic E-state index is 11.3. The second kappa shape index (κ2) is 18.2. The number of thiol groups is 1. The lowest BCUT2D eigenvalue weighted by Gasteiger charge is -2.03. The standard InChI is InChI=1S/C17H34O2S2/c1-2-3-4-5-6-7-8-9-10-13-16-21-19-17(18)14-11-12-15-20/h20H,2-16H2,1H3. The second-order valence-electron chi connectivity index (χ2n) is 5.64. The molecule has 0 saturated heterocycles. The van der Waals surface area contributed by atoms with E-state index in [1.54, 1.807) is 0 Å². The zero-order valence-corrected chi connectivity index (χ0v) is 15.5. The highest BCUT2D eigenvalue weighted by molar-refractivity contribution is 7.95. The molecular formula is C17H34O2S2. The maximum absolute atomic E-state index is 11.3. The highest BCUT2D eigenvalue weighted by Crippen LogP contribution is 2.13. The Balaban J connectivity index is 3.06. The normalized spacial score (nSPS) is 10.8. The van der Waals surface area contributed by atoms with Crippen molar-refractivity contribution in [3.8, 4) is 0 Å². The Labute approximate surface area is 141 Å². The van der Waals surface area contributed by atoms with Gasteiger partial charge in [0.25, 0.3) is 0 Å². The monoisotopic (exact) mass is 334 g/mol. The third kappa shape index (κ3) is 18.1. The van der Waals surface area contributed by atoms with Crippen LogP contribution in [0.15, 0.2) is 0 Å². The molecule has 0 aromatic rings. The molecule has 21 heavy (non-hydrogen) atoms. The third-order valence-electron chi connectivity index (χ3n) is 3.52. The van der Waals surface area contributed by atoms with E-state index >= 15 is 0 Å². The van der Waals surface area contributed by atoms with Gasteiger partial charge < -0.3 is 4.18 Å². The minimum atomic E-state index is -0.0751. The van der Waals surface area contributed by atoms with Crippen molar-refractivity contribution in [2.24, 2.45) is 0 Å². The summed E-state index contributed by atoms with van der Waals surface area (Å²) >= 11 is 5.45. The van der Waals surface area contributed by atoms with Crippen molar-refractivity contribution in [2.45, 2.75) is 90.4 Å². The summed E-state index contributed by atoms with van der Waals surface area (Å²) in [5.41, 5.74) is 0. The zero-order valence-electron chi connectivity index (χ0n) is 13.8. The summed E-state index contributed by atoms with van der Waals surface area (Å²) < 4.78 is 5.12. The summed E-state index contributed by atoms with van der Waals surface area (Å²) in [5.74, 6) is 1.71. The van der Waals surface area contributed by atoms with Crippen LogP contribution in [0.4, 0.5) is 0 Å². The lowest BCUT2D eigenvalue weighted by Crippen LogP contribution is -1.99. The molecule has 0 spiro atoms. The first-order chi connectivity index (χ1) is 10.3. The van der Waals surface area contributed by atoms with Crippen LogP contribution >= 0.6 is 24.7 Å². The zero-order chi connectivity index (χ0) is 15.6. The van der Waals surface area contributed by atoms with Crippen LogP contribution in [0.2, 0.25) is 0 Å². The molecule has 0 aromatic heterocycles. The molecule has 0 N–H and O–H groups in total. The van der Waals surface area contributed by atoms with Crippen LogP contribution in [0.1, 0.15) is 90.4 Å². The fraction of sp³-hybridized carbons (Fsp3) is 0.941. The van der Waals surface area contributed by atoms with E-state index in [0.717, 1.165) is 30.8 Å².